The first-order valence-corrected chi connectivity index (χ1v) is 10.8. The average molecular weight is 429 g/mol. The van der Waals surface area contributed by atoms with Crippen LogP contribution >= 0.6 is 0 Å². The summed E-state index contributed by atoms with van der Waals surface area (Å²) in [6.07, 6.45) is 4.31. The van der Waals surface area contributed by atoms with Gasteiger partial charge < -0.3 is 16.0 Å². The van der Waals surface area contributed by atoms with Gasteiger partial charge in [-0.25, -0.2) is 9.37 Å². The fourth-order valence-corrected chi connectivity index (χ4v) is 4.05. The molecule has 7 heteroatoms. The number of rotatable bonds is 8. The largest absolute Gasteiger partial charge is 0.384 e. The summed E-state index contributed by atoms with van der Waals surface area (Å²) in [6.45, 7) is 3.06. The second kappa shape index (κ2) is 9.09. The van der Waals surface area contributed by atoms with Gasteiger partial charge in [-0.05, 0) is 47.9 Å². The smallest absolute Gasteiger partial charge is 0.137 e. The molecular weight excluding hydrogens is 403 g/mol. The lowest BCUT2D eigenvalue weighted by molar-refractivity contribution is 0.627. The molecule has 0 aliphatic carbocycles. The molecule has 0 atom stereocenters. The summed E-state index contributed by atoms with van der Waals surface area (Å²) >= 11 is 0. The quantitative estimate of drug-likeness (QED) is 0.377. The van der Waals surface area contributed by atoms with Crippen LogP contribution in [0.1, 0.15) is 11.1 Å². The maximum Gasteiger partial charge on any atom is 0.137 e. The predicted octanol–water partition coefficient (Wildman–Crippen LogP) is 4.78. The molecule has 1 aromatic heterocycles. The Morgan fingerprint density at radius 3 is 2.75 bits per heavy atom. The van der Waals surface area contributed by atoms with Crippen molar-refractivity contribution >= 4 is 17.1 Å². The molecule has 0 bridgehead atoms. The highest BCUT2D eigenvalue weighted by molar-refractivity contribution is 5.90. The molecule has 0 amide bonds. The van der Waals surface area contributed by atoms with Crippen LogP contribution in [0.2, 0.25) is 0 Å². The molecule has 0 radical (unpaired) electrons. The van der Waals surface area contributed by atoms with Gasteiger partial charge in [-0.1, -0.05) is 30.3 Å². The van der Waals surface area contributed by atoms with Crippen LogP contribution in [0, 0.1) is 5.82 Å². The summed E-state index contributed by atoms with van der Waals surface area (Å²) in [5.74, 6) is -0.220. The molecule has 162 valence electrons. The molecule has 32 heavy (non-hydrogen) atoms. The van der Waals surface area contributed by atoms with Gasteiger partial charge in [-0.2, -0.15) is 5.10 Å². The molecule has 3 aromatic carbocycles. The van der Waals surface area contributed by atoms with Gasteiger partial charge >= 0.3 is 0 Å². The van der Waals surface area contributed by atoms with Crippen LogP contribution in [0.15, 0.2) is 73.3 Å². The number of benzene rings is 3. The third kappa shape index (κ3) is 4.42. The fraction of sp³-hybridized carbons (Fsp3) is 0.200. The van der Waals surface area contributed by atoms with Crippen LogP contribution in [0.25, 0.3) is 11.1 Å². The lowest BCUT2D eigenvalue weighted by atomic mass is 9.98. The van der Waals surface area contributed by atoms with Crippen molar-refractivity contribution in [1.29, 1.82) is 0 Å². The molecule has 0 saturated heterocycles. The Balaban J connectivity index is 1.41. The number of aromatic nitrogens is 3. The highest BCUT2D eigenvalue weighted by Crippen LogP contribution is 2.39. The van der Waals surface area contributed by atoms with Crippen molar-refractivity contribution in [1.82, 2.24) is 14.8 Å². The van der Waals surface area contributed by atoms with Gasteiger partial charge in [0, 0.05) is 47.8 Å². The Morgan fingerprint density at radius 2 is 1.91 bits per heavy atom. The maximum atomic E-state index is 13.2. The van der Waals surface area contributed by atoms with Crippen LogP contribution in [-0.4, -0.2) is 27.9 Å². The summed E-state index contributed by atoms with van der Waals surface area (Å²) in [4.78, 5) is 4.00. The molecule has 2 heterocycles. The Bertz CT molecular complexity index is 1190. The van der Waals surface area contributed by atoms with Gasteiger partial charge in [0.15, 0.2) is 0 Å². The van der Waals surface area contributed by atoms with E-state index in [1.165, 1.54) is 28.9 Å². The number of hydrogen-bond donors (Lipinski definition) is 3. The first kappa shape index (κ1) is 20.1. The van der Waals surface area contributed by atoms with Gasteiger partial charge in [0.25, 0.3) is 0 Å². The maximum absolute atomic E-state index is 13.2. The number of para-hydroxylation sites is 1. The molecular formula is C25H25FN6. The van der Waals surface area contributed by atoms with E-state index < -0.39 is 0 Å². The normalized spacial score (nSPS) is 12.3. The Hall–Kier alpha value is -3.87. The predicted molar refractivity (Wildman–Crippen MR) is 126 cm³/mol. The summed E-state index contributed by atoms with van der Waals surface area (Å²) in [6, 6.07) is 19.4. The molecule has 6 nitrogen and oxygen atoms in total. The highest BCUT2D eigenvalue weighted by Gasteiger charge is 2.17. The van der Waals surface area contributed by atoms with Crippen LogP contribution < -0.4 is 16.0 Å². The molecule has 0 unspecified atom stereocenters. The lowest BCUT2D eigenvalue weighted by Gasteiger charge is -2.17. The standard InChI is InChI=1S/C25H25FN6/c26-20-6-4-18(5-7-20)15-30-21-8-9-24(28-12-13-32-17-27-16-31-32)23(14-21)22-3-1-2-19-10-11-29-25(19)22/h1-9,14,16-17,28-30H,10-13,15H2. The fourth-order valence-electron chi connectivity index (χ4n) is 4.05. The van der Waals surface area contributed by atoms with Crippen molar-refractivity contribution in [2.45, 2.75) is 19.5 Å². The van der Waals surface area contributed by atoms with Gasteiger partial charge in [0.2, 0.25) is 0 Å². The lowest BCUT2D eigenvalue weighted by Crippen LogP contribution is -2.11. The number of halogens is 1. The molecule has 4 aromatic rings. The minimum Gasteiger partial charge on any atom is -0.384 e. The minimum atomic E-state index is -0.220. The molecule has 1 aliphatic rings. The van der Waals surface area contributed by atoms with E-state index in [2.05, 4.69) is 62.4 Å². The van der Waals surface area contributed by atoms with Crippen molar-refractivity contribution in [3.8, 4) is 11.1 Å². The molecule has 3 N–H and O–H groups in total. The Morgan fingerprint density at radius 1 is 1.00 bits per heavy atom. The SMILES string of the molecule is Fc1ccc(CNc2ccc(NCCn3cncn3)c(-c3cccc4c3NCC4)c2)cc1. The van der Waals surface area contributed by atoms with Gasteiger partial charge in [-0.15, -0.1) is 0 Å². The third-order valence-electron chi connectivity index (χ3n) is 5.69. The first-order chi connectivity index (χ1) is 15.8. The summed E-state index contributed by atoms with van der Waals surface area (Å²) < 4.78 is 15.0. The van der Waals surface area contributed by atoms with E-state index in [9.17, 15) is 4.39 Å². The van der Waals surface area contributed by atoms with Crippen LogP contribution in [0.5, 0.6) is 0 Å². The molecule has 0 fully saturated rings. The molecule has 5 rings (SSSR count). The van der Waals surface area contributed by atoms with Gasteiger partial charge in [-0.3, -0.25) is 4.68 Å². The summed E-state index contributed by atoms with van der Waals surface area (Å²) in [5, 5.41) is 14.8. The minimum absolute atomic E-state index is 0.220. The van der Waals surface area contributed by atoms with E-state index in [-0.39, 0.29) is 5.82 Å². The van der Waals surface area contributed by atoms with Crippen molar-refractivity contribution in [2.75, 3.05) is 29.0 Å². The molecule has 0 spiro atoms. The van der Waals surface area contributed by atoms with Crippen molar-refractivity contribution in [3.63, 3.8) is 0 Å². The van der Waals surface area contributed by atoms with Gasteiger partial charge in [0.05, 0.1) is 6.54 Å². The van der Waals surface area contributed by atoms with Crippen molar-refractivity contribution < 1.29 is 4.39 Å². The first-order valence-electron chi connectivity index (χ1n) is 10.8. The van der Waals surface area contributed by atoms with Crippen LogP contribution in [0.4, 0.5) is 21.5 Å². The number of nitrogens with one attached hydrogen (secondary N) is 3. The number of fused-ring (bicyclic) bond motifs is 1. The van der Waals surface area contributed by atoms with Crippen LogP contribution in [-0.2, 0) is 19.5 Å². The summed E-state index contributed by atoms with van der Waals surface area (Å²) in [5.41, 5.74) is 8.00. The van der Waals surface area contributed by atoms with E-state index >= 15 is 0 Å². The van der Waals surface area contributed by atoms with Crippen molar-refractivity contribution in [3.05, 3.63) is 90.3 Å². The zero-order valence-corrected chi connectivity index (χ0v) is 17.7. The van der Waals surface area contributed by atoms with E-state index in [0.717, 1.165) is 48.6 Å². The number of hydrogen-bond acceptors (Lipinski definition) is 5. The number of nitrogens with zero attached hydrogens (tertiary/aromatic N) is 3. The number of anilines is 3. The van der Waals surface area contributed by atoms with Crippen LogP contribution in [0.3, 0.4) is 0 Å². The van der Waals surface area contributed by atoms with E-state index in [4.69, 9.17) is 0 Å². The second-order valence-electron chi connectivity index (χ2n) is 7.84. The van der Waals surface area contributed by atoms with E-state index in [1.54, 1.807) is 24.8 Å². The van der Waals surface area contributed by atoms with E-state index in [1.807, 2.05) is 4.68 Å². The van der Waals surface area contributed by atoms with Gasteiger partial charge in [0.1, 0.15) is 18.5 Å². The van der Waals surface area contributed by atoms with E-state index in [0.29, 0.717) is 6.54 Å². The molecule has 1 aliphatic heterocycles. The zero-order valence-electron chi connectivity index (χ0n) is 17.7. The van der Waals surface area contributed by atoms with Crippen molar-refractivity contribution in [2.24, 2.45) is 0 Å². The topological polar surface area (TPSA) is 66.8 Å². The highest BCUT2D eigenvalue weighted by atomic mass is 19.1. The third-order valence-corrected chi connectivity index (χ3v) is 5.69. The second-order valence-corrected chi connectivity index (χ2v) is 7.84. The zero-order chi connectivity index (χ0) is 21.8. The Labute approximate surface area is 186 Å². The molecule has 0 saturated carbocycles. The average Bonchev–Trinajstić information content (AvgIpc) is 3.51. The monoisotopic (exact) mass is 428 g/mol. The Kier molecular flexibility index (Phi) is 5.70. The summed E-state index contributed by atoms with van der Waals surface area (Å²) in [7, 11) is 0.